The standard InChI is InChI=1S/C16H25NO/c1-4-6-14-10-16(3,12(2)11-17-14)13-7-5-8-15(18)9-13/h5,7-9,12,14,17-18H,4,6,10-11H2,1-3H3/t12-,14+,16+/m0/s1. The number of aromatic hydroxyl groups is 1. The lowest BCUT2D eigenvalue weighted by Gasteiger charge is -2.44. The van der Waals surface area contributed by atoms with Crippen molar-refractivity contribution in [3.05, 3.63) is 29.8 Å². The van der Waals surface area contributed by atoms with Gasteiger partial charge in [-0.05, 0) is 48.4 Å². The minimum atomic E-state index is 0.170. The Balaban J connectivity index is 2.26. The molecular formula is C16H25NO. The molecule has 100 valence electrons. The minimum absolute atomic E-state index is 0.170. The zero-order valence-corrected chi connectivity index (χ0v) is 11.7. The van der Waals surface area contributed by atoms with Crippen molar-refractivity contribution in [2.45, 2.75) is 51.5 Å². The molecule has 3 atom stereocenters. The zero-order valence-electron chi connectivity index (χ0n) is 11.7. The molecule has 0 aromatic heterocycles. The van der Waals surface area contributed by atoms with E-state index in [9.17, 15) is 5.11 Å². The van der Waals surface area contributed by atoms with Crippen molar-refractivity contribution in [1.29, 1.82) is 0 Å². The Morgan fingerprint density at radius 1 is 1.44 bits per heavy atom. The molecule has 0 radical (unpaired) electrons. The molecule has 0 saturated carbocycles. The van der Waals surface area contributed by atoms with Gasteiger partial charge < -0.3 is 10.4 Å². The van der Waals surface area contributed by atoms with E-state index in [4.69, 9.17) is 0 Å². The van der Waals surface area contributed by atoms with Gasteiger partial charge in [0, 0.05) is 6.04 Å². The molecule has 0 aliphatic carbocycles. The molecule has 1 aliphatic heterocycles. The van der Waals surface area contributed by atoms with Crippen molar-refractivity contribution in [1.82, 2.24) is 5.32 Å². The molecule has 0 spiro atoms. The Morgan fingerprint density at radius 3 is 2.89 bits per heavy atom. The first-order valence-electron chi connectivity index (χ1n) is 7.09. The van der Waals surface area contributed by atoms with E-state index >= 15 is 0 Å². The van der Waals surface area contributed by atoms with Crippen LogP contribution in [-0.2, 0) is 5.41 Å². The largest absolute Gasteiger partial charge is 0.508 e. The number of phenolic OH excluding ortho intramolecular Hbond substituents is 1. The van der Waals surface area contributed by atoms with Crippen molar-refractivity contribution in [3.63, 3.8) is 0 Å². The van der Waals surface area contributed by atoms with E-state index in [-0.39, 0.29) is 5.41 Å². The summed E-state index contributed by atoms with van der Waals surface area (Å²) in [7, 11) is 0. The summed E-state index contributed by atoms with van der Waals surface area (Å²) in [6, 6.07) is 8.41. The topological polar surface area (TPSA) is 32.3 Å². The highest BCUT2D eigenvalue weighted by Gasteiger charge is 2.38. The molecule has 0 amide bonds. The van der Waals surface area contributed by atoms with Crippen LogP contribution in [0.3, 0.4) is 0 Å². The molecule has 1 aliphatic rings. The molecule has 2 nitrogen and oxygen atoms in total. The van der Waals surface area contributed by atoms with Gasteiger partial charge in [-0.2, -0.15) is 0 Å². The van der Waals surface area contributed by atoms with Gasteiger partial charge in [0.15, 0.2) is 0 Å². The van der Waals surface area contributed by atoms with Gasteiger partial charge in [0.1, 0.15) is 5.75 Å². The van der Waals surface area contributed by atoms with E-state index in [1.54, 1.807) is 6.07 Å². The fourth-order valence-electron chi connectivity index (χ4n) is 3.17. The van der Waals surface area contributed by atoms with Crippen LogP contribution in [0.4, 0.5) is 0 Å². The predicted molar refractivity (Wildman–Crippen MR) is 75.9 cm³/mol. The molecule has 1 saturated heterocycles. The summed E-state index contributed by atoms with van der Waals surface area (Å²) in [5.74, 6) is 0.971. The highest BCUT2D eigenvalue weighted by molar-refractivity contribution is 5.34. The van der Waals surface area contributed by atoms with Gasteiger partial charge >= 0.3 is 0 Å². The Morgan fingerprint density at radius 2 is 2.22 bits per heavy atom. The van der Waals surface area contributed by atoms with Gasteiger partial charge in [-0.1, -0.05) is 39.3 Å². The second-order valence-corrected chi connectivity index (χ2v) is 5.97. The third-order valence-electron chi connectivity index (χ3n) is 4.61. The van der Waals surface area contributed by atoms with E-state index in [0.29, 0.717) is 17.7 Å². The van der Waals surface area contributed by atoms with Crippen LogP contribution in [-0.4, -0.2) is 17.7 Å². The maximum Gasteiger partial charge on any atom is 0.115 e. The third-order valence-corrected chi connectivity index (χ3v) is 4.61. The fourth-order valence-corrected chi connectivity index (χ4v) is 3.17. The molecule has 0 unspecified atom stereocenters. The molecule has 2 N–H and O–H groups in total. The third kappa shape index (κ3) is 2.54. The van der Waals surface area contributed by atoms with Gasteiger partial charge in [0.25, 0.3) is 0 Å². The van der Waals surface area contributed by atoms with Crippen molar-refractivity contribution in [2.75, 3.05) is 6.54 Å². The normalized spacial score (nSPS) is 32.4. The summed E-state index contributed by atoms with van der Waals surface area (Å²) in [5, 5.41) is 13.3. The number of piperidine rings is 1. The van der Waals surface area contributed by atoms with E-state index in [1.165, 1.54) is 18.4 Å². The highest BCUT2D eigenvalue weighted by Crippen LogP contribution is 2.40. The van der Waals surface area contributed by atoms with Crippen molar-refractivity contribution >= 4 is 0 Å². The maximum absolute atomic E-state index is 9.70. The summed E-state index contributed by atoms with van der Waals surface area (Å²) in [4.78, 5) is 0. The van der Waals surface area contributed by atoms with Crippen LogP contribution in [0, 0.1) is 5.92 Å². The lowest BCUT2D eigenvalue weighted by molar-refractivity contribution is 0.187. The van der Waals surface area contributed by atoms with Crippen LogP contribution in [0.2, 0.25) is 0 Å². The summed E-state index contributed by atoms with van der Waals surface area (Å²) in [6.07, 6.45) is 3.62. The van der Waals surface area contributed by atoms with Crippen LogP contribution >= 0.6 is 0 Å². The van der Waals surface area contributed by atoms with E-state index < -0.39 is 0 Å². The average Bonchev–Trinajstić information content (AvgIpc) is 2.34. The number of phenols is 1. The monoisotopic (exact) mass is 247 g/mol. The molecule has 0 bridgehead atoms. The molecule has 2 rings (SSSR count). The Kier molecular flexibility index (Phi) is 3.96. The second kappa shape index (κ2) is 5.31. The van der Waals surface area contributed by atoms with Crippen molar-refractivity contribution in [2.24, 2.45) is 5.92 Å². The summed E-state index contributed by atoms with van der Waals surface area (Å²) < 4.78 is 0. The molecule has 2 heteroatoms. The number of hydrogen-bond acceptors (Lipinski definition) is 2. The molecule has 1 aromatic rings. The first kappa shape index (κ1) is 13.4. The highest BCUT2D eigenvalue weighted by atomic mass is 16.3. The molecule has 1 heterocycles. The quantitative estimate of drug-likeness (QED) is 0.857. The number of benzene rings is 1. The molecule has 18 heavy (non-hydrogen) atoms. The van der Waals surface area contributed by atoms with Crippen LogP contribution in [0.1, 0.15) is 45.6 Å². The summed E-state index contributed by atoms with van der Waals surface area (Å²) >= 11 is 0. The first-order chi connectivity index (χ1) is 8.56. The average molecular weight is 247 g/mol. The van der Waals surface area contributed by atoms with E-state index in [0.717, 1.165) is 13.0 Å². The fraction of sp³-hybridized carbons (Fsp3) is 0.625. The SMILES string of the molecule is CCC[C@@H]1C[C@@](C)(c2cccc(O)c2)[C@@H](C)CN1. The maximum atomic E-state index is 9.70. The van der Waals surface area contributed by atoms with Crippen LogP contribution < -0.4 is 5.32 Å². The lowest BCUT2D eigenvalue weighted by atomic mass is 9.66. The predicted octanol–water partition coefficient (Wildman–Crippen LogP) is 3.45. The summed E-state index contributed by atoms with van der Waals surface area (Å²) in [6.45, 7) is 7.96. The van der Waals surface area contributed by atoms with Gasteiger partial charge in [0.2, 0.25) is 0 Å². The Bertz CT molecular complexity index is 404. The molecule has 1 fully saturated rings. The van der Waals surface area contributed by atoms with E-state index in [1.807, 2.05) is 12.1 Å². The van der Waals surface area contributed by atoms with Crippen LogP contribution in [0.25, 0.3) is 0 Å². The first-order valence-corrected chi connectivity index (χ1v) is 7.09. The summed E-state index contributed by atoms with van der Waals surface area (Å²) in [5.41, 5.74) is 1.45. The van der Waals surface area contributed by atoms with Crippen molar-refractivity contribution < 1.29 is 5.11 Å². The van der Waals surface area contributed by atoms with Gasteiger partial charge in [-0.15, -0.1) is 0 Å². The van der Waals surface area contributed by atoms with Gasteiger partial charge in [-0.3, -0.25) is 0 Å². The number of rotatable bonds is 3. The van der Waals surface area contributed by atoms with E-state index in [2.05, 4.69) is 32.2 Å². The van der Waals surface area contributed by atoms with Gasteiger partial charge in [0.05, 0.1) is 0 Å². The smallest absolute Gasteiger partial charge is 0.115 e. The lowest BCUT2D eigenvalue weighted by Crippen LogP contribution is -2.50. The number of hydrogen-bond donors (Lipinski definition) is 2. The molecule has 1 aromatic carbocycles. The Hall–Kier alpha value is -1.02. The molecular weight excluding hydrogens is 222 g/mol. The zero-order chi connectivity index (χ0) is 13.2. The Labute approximate surface area is 110 Å². The second-order valence-electron chi connectivity index (χ2n) is 5.97. The minimum Gasteiger partial charge on any atom is -0.508 e. The number of nitrogens with one attached hydrogen (secondary N) is 1. The van der Waals surface area contributed by atoms with Gasteiger partial charge in [-0.25, -0.2) is 0 Å². The van der Waals surface area contributed by atoms with Crippen LogP contribution in [0.15, 0.2) is 24.3 Å². The van der Waals surface area contributed by atoms with Crippen LogP contribution in [0.5, 0.6) is 5.75 Å². The van der Waals surface area contributed by atoms with Crippen molar-refractivity contribution in [3.8, 4) is 5.75 Å².